The molecule has 2 nitrogen and oxygen atoms in total. The zero-order valence-electron chi connectivity index (χ0n) is 6.27. The fourth-order valence-corrected chi connectivity index (χ4v) is 1.84. The van der Waals surface area contributed by atoms with Gasteiger partial charge in [0, 0.05) is 10.9 Å². The lowest BCUT2D eigenvalue weighted by molar-refractivity contribution is 0.146. The van der Waals surface area contributed by atoms with Gasteiger partial charge in [-0.25, -0.2) is 13.8 Å². The van der Waals surface area contributed by atoms with Crippen molar-refractivity contribution in [1.29, 1.82) is 0 Å². The maximum Gasteiger partial charge on any atom is 0.281 e. The molecule has 1 N–H and O–H groups in total. The lowest BCUT2D eigenvalue weighted by atomic mass is 10.2. The van der Waals surface area contributed by atoms with Gasteiger partial charge < -0.3 is 5.11 Å². The van der Waals surface area contributed by atoms with E-state index in [1.165, 1.54) is 0 Å². The van der Waals surface area contributed by atoms with Crippen molar-refractivity contribution in [3.05, 3.63) is 22.5 Å². The predicted octanol–water partition coefficient (Wildman–Crippen LogP) is 3.27. The van der Waals surface area contributed by atoms with E-state index in [-0.39, 0.29) is 21.7 Å². The number of aromatic hydroxyl groups is 1. The monoisotopic (exact) mass is 271 g/mol. The van der Waals surface area contributed by atoms with E-state index in [0.29, 0.717) is 0 Å². The zero-order valence-corrected chi connectivity index (χ0v) is 8.61. The third-order valence-electron chi connectivity index (χ3n) is 1.47. The molecule has 0 aromatic carbocycles. The number of aromatic nitrogens is 1. The molecule has 0 spiro atoms. The minimum atomic E-state index is -2.73. The van der Waals surface area contributed by atoms with Crippen LogP contribution in [-0.4, -0.2) is 10.1 Å². The predicted molar refractivity (Wildman–Crippen MR) is 48.5 cm³/mol. The Morgan fingerprint density at radius 3 is 2.69 bits per heavy atom. The van der Waals surface area contributed by atoms with E-state index < -0.39 is 12.1 Å². The maximum absolute atomic E-state index is 12.2. The van der Waals surface area contributed by atoms with Gasteiger partial charge in [0.15, 0.2) is 0 Å². The Hall–Kier alpha value is -0.420. The summed E-state index contributed by atoms with van der Waals surface area (Å²) in [5.74, 6) is -0.189. The fourth-order valence-electron chi connectivity index (χ4n) is 0.812. The molecule has 0 radical (unpaired) electrons. The van der Waals surface area contributed by atoms with Crippen LogP contribution in [0.3, 0.4) is 0 Å². The average Bonchev–Trinajstić information content (AvgIpc) is 2.04. The van der Waals surface area contributed by atoms with E-state index in [1.807, 2.05) is 0 Å². The molecule has 0 aliphatic carbocycles. The highest BCUT2D eigenvalue weighted by Crippen LogP contribution is 2.33. The third-order valence-corrected chi connectivity index (χ3v) is 2.45. The molecule has 0 bridgehead atoms. The summed E-state index contributed by atoms with van der Waals surface area (Å²) in [5, 5.41) is 9.20. The number of hydrogen-bond acceptors (Lipinski definition) is 2. The Labute approximate surface area is 86.7 Å². The molecule has 1 aromatic rings. The first-order chi connectivity index (χ1) is 6.07. The van der Waals surface area contributed by atoms with Crippen LogP contribution in [-0.2, 0) is 5.33 Å². The van der Waals surface area contributed by atoms with E-state index in [9.17, 15) is 13.9 Å². The number of hydrogen-bond donors (Lipinski definition) is 1. The molecule has 72 valence electrons. The molecule has 0 amide bonds. The summed E-state index contributed by atoms with van der Waals surface area (Å²) in [7, 11) is 0. The summed E-state index contributed by atoms with van der Waals surface area (Å²) in [6.07, 6.45) is -1.77. The second kappa shape index (κ2) is 4.19. The van der Waals surface area contributed by atoms with Gasteiger partial charge in [-0.3, -0.25) is 0 Å². The van der Waals surface area contributed by atoms with Crippen LogP contribution < -0.4 is 0 Å². The summed E-state index contributed by atoms with van der Waals surface area (Å²) in [6.45, 7) is 0. The van der Waals surface area contributed by atoms with Crippen molar-refractivity contribution < 1.29 is 13.9 Å². The molecule has 6 heteroatoms. The molecule has 13 heavy (non-hydrogen) atoms. The normalized spacial score (nSPS) is 10.8. The highest BCUT2D eigenvalue weighted by Gasteiger charge is 2.18. The minimum absolute atomic E-state index is 0.188. The van der Waals surface area contributed by atoms with Crippen LogP contribution in [0.5, 0.6) is 5.75 Å². The lowest BCUT2D eigenvalue weighted by Crippen LogP contribution is -1.95. The number of pyridine rings is 1. The zero-order chi connectivity index (χ0) is 10.0. The Balaban J connectivity index is 3.27. The molecule has 0 saturated carbocycles. The Morgan fingerprint density at radius 2 is 2.23 bits per heavy atom. The molecule has 1 heterocycles. The van der Waals surface area contributed by atoms with Gasteiger partial charge in [-0.15, -0.1) is 0 Å². The smallest absolute Gasteiger partial charge is 0.281 e. The van der Waals surface area contributed by atoms with E-state index in [2.05, 4.69) is 20.9 Å². The van der Waals surface area contributed by atoms with Gasteiger partial charge in [0.05, 0.1) is 11.2 Å². The van der Waals surface area contributed by atoms with Crippen molar-refractivity contribution in [1.82, 2.24) is 4.98 Å². The van der Waals surface area contributed by atoms with Crippen LogP contribution in [0.25, 0.3) is 0 Å². The molecule has 0 saturated heterocycles. The first-order valence-corrected chi connectivity index (χ1v) is 4.78. The van der Waals surface area contributed by atoms with Crippen molar-refractivity contribution in [2.24, 2.45) is 0 Å². The Bertz CT molecular complexity index is 322. The summed E-state index contributed by atoms with van der Waals surface area (Å²) >= 11 is 8.60. The number of alkyl halides is 3. The van der Waals surface area contributed by atoms with Crippen molar-refractivity contribution in [2.75, 3.05) is 0 Å². The van der Waals surface area contributed by atoms with E-state index in [0.717, 1.165) is 6.20 Å². The highest BCUT2D eigenvalue weighted by atomic mass is 79.9. The summed E-state index contributed by atoms with van der Waals surface area (Å²) in [4.78, 5) is 3.33. The van der Waals surface area contributed by atoms with E-state index in [4.69, 9.17) is 11.6 Å². The number of nitrogens with zero attached hydrogens (tertiary/aromatic N) is 1. The van der Waals surface area contributed by atoms with Crippen molar-refractivity contribution >= 4 is 27.5 Å². The van der Waals surface area contributed by atoms with Crippen LogP contribution in [0.15, 0.2) is 6.20 Å². The molecule has 0 aliphatic heterocycles. The van der Waals surface area contributed by atoms with Crippen LogP contribution in [0.4, 0.5) is 8.78 Å². The Kier molecular flexibility index (Phi) is 3.44. The van der Waals surface area contributed by atoms with Crippen molar-refractivity contribution in [3.63, 3.8) is 0 Å². The summed E-state index contributed by atoms with van der Waals surface area (Å²) < 4.78 is 24.5. The molecule has 0 aliphatic rings. The van der Waals surface area contributed by atoms with Crippen molar-refractivity contribution in [3.8, 4) is 5.75 Å². The summed E-state index contributed by atoms with van der Waals surface area (Å²) in [5.41, 5.74) is -0.277. The van der Waals surface area contributed by atoms with Crippen molar-refractivity contribution in [2.45, 2.75) is 11.8 Å². The van der Waals surface area contributed by atoms with Gasteiger partial charge in [-0.1, -0.05) is 27.5 Å². The van der Waals surface area contributed by atoms with Crippen LogP contribution in [0.2, 0.25) is 5.02 Å². The first kappa shape index (κ1) is 10.7. The fraction of sp³-hybridized carbons (Fsp3) is 0.286. The largest absolute Gasteiger partial charge is 0.506 e. The van der Waals surface area contributed by atoms with Gasteiger partial charge in [0.25, 0.3) is 6.43 Å². The topological polar surface area (TPSA) is 33.1 Å². The van der Waals surface area contributed by atoms with Gasteiger partial charge in [-0.2, -0.15) is 0 Å². The highest BCUT2D eigenvalue weighted by molar-refractivity contribution is 9.08. The van der Waals surface area contributed by atoms with Crippen LogP contribution in [0, 0.1) is 0 Å². The molecule has 1 aromatic heterocycles. The molecule has 1 rings (SSSR count). The molecule has 0 fully saturated rings. The van der Waals surface area contributed by atoms with Crippen LogP contribution >= 0.6 is 27.5 Å². The second-order valence-corrected chi connectivity index (χ2v) is 3.19. The maximum atomic E-state index is 12.2. The third kappa shape index (κ3) is 2.08. The summed E-state index contributed by atoms with van der Waals surface area (Å²) in [6, 6.07) is 0. The lowest BCUT2D eigenvalue weighted by Gasteiger charge is -2.07. The van der Waals surface area contributed by atoms with Crippen LogP contribution in [0.1, 0.15) is 17.7 Å². The second-order valence-electron chi connectivity index (χ2n) is 2.26. The molecular weight excluding hydrogens is 267 g/mol. The first-order valence-electron chi connectivity index (χ1n) is 3.28. The van der Waals surface area contributed by atoms with Gasteiger partial charge in [-0.05, 0) is 0 Å². The van der Waals surface area contributed by atoms with E-state index in [1.54, 1.807) is 0 Å². The molecule has 0 atom stereocenters. The van der Waals surface area contributed by atoms with Gasteiger partial charge in [0.1, 0.15) is 11.4 Å². The SMILES string of the molecule is Oc1cnc(C(F)F)c(Cl)c1CBr. The van der Waals surface area contributed by atoms with Gasteiger partial charge in [0.2, 0.25) is 0 Å². The number of rotatable bonds is 2. The van der Waals surface area contributed by atoms with E-state index >= 15 is 0 Å². The Morgan fingerprint density at radius 1 is 1.62 bits per heavy atom. The quantitative estimate of drug-likeness (QED) is 0.838. The minimum Gasteiger partial charge on any atom is -0.506 e. The number of halogens is 4. The molecule has 0 unspecified atom stereocenters. The molecular formula is C7H5BrClF2NO. The average molecular weight is 272 g/mol. The standard InChI is InChI=1S/C7H5BrClF2NO/c8-1-3-4(13)2-12-6(5(3)9)7(10)11/h2,7,13H,1H2. The van der Waals surface area contributed by atoms with Gasteiger partial charge >= 0.3 is 0 Å².